The highest BCUT2D eigenvalue weighted by atomic mass is 32.2. The molecule has 0 saturated carbocycles. The molecule has 1 N–H and O–H groups in total. The number of methoxy groups -OCH3 is 2. The van der Waals surface area contributed by atoms with E-state index in [9.17, 15) is 9.59 Å². The van der Waals surface area contributed by atoms with Gasteiger partial charge in [-0.3, -0.25) is 14.5 Å². The number of carbonyl (C=O) groups excluding carboxylic acids is 2. The smallest absolute Gasteiger partial charge is 0.270 e. The average molecular weight is 467 g/mol. The molecule has 9 heteroatoms. The lowest BCUT2D eigenvalue weighted by atomic mass is 10.0. The van der Waals surface area contributed by atoms with E-state index in [1.54, 1.807) is 32.4 Å². The number of anilines is 1. The number of amidine groups is 2. The van der Waals surface area contributed by atoms with E-state index in [0.717, 1.165) is 11.3 Å². The van der Waals surface area contributed by atoms with Crippen LogP contribution >= 0.6 is 11.8 Å². The second kappa shape index (κ2) is 9.66. The van der Waals surface area contributed by atoms with Crippen molar-refractivity contribution in [1.82, 2.24) is 4.90 Å². The molecular weight excluding hydrogens is 440 g/mol. The van der Waals surface area contributed by atoms with Crippen LogP contribution in [-0.4, -0.2) is 53.7 Å². The summed E-state index contributed by atoms with van der Waals surface area (Å²) < 4.78 is 10.5. The second-order valence-corrected chi connectivity index (χ2v) is 9.05. The molecule has 0 aliphatic carbocycles. The van der Waals surface area contributed by atoms with Crippen molar-refractivity contribution in [2.45, 2.75) is 26.3 Å². The maximum absolute atomic E-state index is 12.7. The van der Waals surface area contributed by atoms with Crippen molar-refractivity contribution < 1.29 is 19.1 Å². The predicted octanol–water partition coefficient (Wildman–Crippen LogP) is 4.08. The predicted molar refractivity (Wildman–Crippen MR) is 131 cm³/mol. The first-order valence-electron chi connectivity index (χ1n) is 10.7. The van der Waals surface area contributed by atoms with Gasteiger partial charge in [0.1, 0.15) is 11.9 Å². The number of hydrogen-bond acceptors (Lipinski definition) is 7. The first-order valence-corrected chi connectivity index (χ1v) is 11.6. The standard InChI is InChI=1S/C24H26N4O4S/c1-14(2)11-18-23(30)27-22-16-7-5-6-8-17(16)26-24(28(18)22)33-13-21(29)25-15-9-10-19(31-3)20(12-15)32-4/h5-10,12,14,18H,11,13H2,1-4H3,(H,25,29). The topological polar surface area (TPSA) is 92.6 Å². The number of fused-ring (bicyclic) bond motifs is 3. The van der Waals surface area contributed by atoms with Crippen molar-refractivity contribution in [3.8, 4) is 11.5 Å². The normalized spacial score (nSPS) is 16.7. The highest BCUT2D eigenvalue weighted by molar-refractivity contribution is 8.14. The van der Waals surface area contributed by atoms with E-state index in [0.29, 0.717) is 40.5 Å². The van der Waals surface area contributed by atoms with Crippen molar-refractivity contribution in [2.75, 3.05) is 25.3 Å². The molecule has 2 aliphatic rings. The van der Waals surface area contributed by atoms with Gasteiger partial charge in [-0.1, -0.05) is 37.7 Å². The third-order valence-electron chi connectivity index (χ3n) is 5.30. The molecule has 172 valence electrons. The Morgan fingerprint density at radius 3 is 2.61 bits per heavy atom. The first-order chi connectivity index (χ1) is 15.9. The van der Waals surface area contributed by atoms with Gasteiger partial charge in [0, 0.05) is 17.3 Å². The number of hydrogen-bond donors (Lipinski definition) is 1. The molecule has 0 aromatic heterocycles. The van der Waals surface area contributed by atoms with E-state index >= 15 is 0 Å². The van der Waals surface area contributed by atoms with Crippen molar-refractivity contribution in [2.24, 2.45) is 15.9 Å². The van der Waals surface area contributed by atoms with Crippen LogP contribution in [0.15, 0.2) is 52.4 Å². The van der Waals surface area contributed by atoms with Crippen LogP contribution in [-0.2, 0) is 9.59 Å². The Bertz CT molecular complexity index is 1150. The van der Waals surface area contributed by atoms with E-state index in [1.165, 1.54) is 11.8 Å². The van der Waals surface area contributed by atoms with Crippen LogP contribution in [0, 0.1) is 5.92 Å². The lowest BCUT2D eigenvalue weighted by Crippen LogP contribution is -2.44. The van der Waals surface area contributed by atoms with Crippen LogP contribution < -0.4 is 14.8 Å². The number of amides is 2. The molecule has 4 rings (SSSR count). The number of thioether (sulfide) groups is 1. The third kappa shape index (κ3) is 4.73. The molecule has 0 spiro atoms. The number of nitrogens with zero attached hydrogens (tertiary/aromatic N) is 3. The summed E-state index contributed by atoms with van der Waals surface area (Å²) in [6, 6.07) is 12.4. The van der Waals surface area contributed by atoms with Crippen LogP contribution in [0.3, 0.4) is 0 Å². The monoisotopic (exact) mass is 466 g/mol. The summed E-state index contributed by atoms with van der Waals surface area (Å²) in [5.41, 5.74) is 2.18. The molecule has 2 aromatic carbocycles. The fourth-order valence-corrected chi connectivity index (χ4v) is 4.67. The zero-order valence-electron chi connectivity index (χ0n) is 19.0. The van der Waals surface area contributed by atoms with Gasteiger partial charge in [-0.2, -0.15) is 4.99 Å². The molecular formula is C24H26N4O4S. The van der Waals surface area contributed by atoms with Gasteiger partial charge in [0.05, 0.1) is 25.7 Å². The summed E-state index contributed by atoms with van der Waals surface area (Å²) in [5.74, 6) is 1.80. The van der Waals surface area contributed by atoms with Crippen LogP contribution in [0.2, 0.25) is 0 Å². The number of ether oxygens (including phenoxy) is 2. The van der Waals surface area contributed by atoms with Gasteiger partial charge in [0.2, 0.25) is 5.91 Å². The van der Waals surface area contributed by atoms with Crippen LogP contribution in [0.4, 0.5) is 11.4 Å². The van der Waals surface area contributed by atoms with Gasteiger partial charge in [-0.15, -0.1) is 0 Å². The minimum absolute atomic E-state index is 0.127. The minimum Gasteiger partial charge on any atom is -0.493 e. The highest BCUT2D eigenvalue weighted by Crippen LogP contribution is 2.36. The zero-order valence-corrected chi connectivity index (χ0v) is 19.8. The number of benzene rings is 2. The average Bonchev–Trinajstić information content (AvgIpc) is 3.13. The van der Waals surface area contributed by atoms with Crippen molar-refractivity contribution in [3.63, 3.8) is 0 Å². The number of carbonyl (C=O) groups is 2. The molecule has 8 nitrogen and oxygen atoms in total. The van der Waals surface area contributed by atoms with E-state index in [2.05, 4.69) is 24.2 Å². The summed E-state index contributed by atoms with van der Waals surface area (Å²) in [4.78, 5) is 36.4. The summed E-state index contributed by atoms with van der Waals surface area (Å²) in [5, 5.41) is 3.48. The van der Waals surface area contributed by atoms with Gasteiger partial charge in [-0.05, 0) is 36.6 Å². The Kier molecular flexibility index (Phi) is 6.69. The Balaban J connectivity index is 1.53. The summed E-state index contributed by atoms with van der Waals surface area (Å²) in [7, 11) is 3.10. The van der Waals surface area contributed by atoms with E-state index in [4.69, 9.17) is 14.5 Å². The zero-order chi connectivity index (χ0) is 23.5. The molecule has 2 heterocycles. The Morgan fingerprint density at radius 1 is 1.12 bits per heavy atom. The van der Waals surface area contributed by atoms with Gasteiger partial charge in [-0.25, -0.2) is 4.99 Å². The van der Waals surface area contributed by atoms with Crippen molar-refractivity contribution in [1.29, 1.82) is 0 Å². The quantitative estimate of drug-likeness (QED) is 0.661. The van der Waals surface area contributed by atoms with Gasteiger partial charge in [0.15, 0.2) is 16.7 Å². The lowest BCUT2D eigenvalue weighted by molar-refractivity contribution is -0.120. The fourth-order valence-electron chi connectivity index (χ4n) is 3.82. The SMILES string of the molecule is COc1ccc(NC(=O)CSC2=Nc3ccccc3C3=NC(=O)C(CC(C)C)N23)cc1OC. The molecule has 0 saturated heterocycles. The first kappa shape index (κ1) is 22.8. The molecule has 2 aliphatic heterocycles. The molecule has 0 bridgehead atoms. The molecule has 1 atom stereocenters. The Labute approximate surface area is 197 Å². The number of aliphatic imine (C=N–C) groups is 2. The summed E-state index contributed by atoms with van der Waals surface area (Å²) in [6.45, 7) is 4.15. The Hall–Kier alpha value is -3.33. The van der Waals surface area contributed by atoms with Gasteiger partial charge in [0.25, 0.3) is 5.91 Å². The maximum atomic E-state index is 12.7. The highest BCUT2D eigenvalue weighted by Gasteiger charge is 2.41. The van der Waals surface area contributed by atoms with Crippen molar-refractivity contribution >= 4 is 46.0 Å². The molecule has 2 aromatic rings. The molecule has 33 heavy (non-hydrogen) atoms. The molecule has 2 amide bonds. The molecule has 0 radical (unpaired) electrons. The van der Waals surface area contributed by atoms with Crippen LogP contribution in [0.5, 0.6) is 11.5 Å². The lowest BCUT2D eigenvalue weighted by Gasteiger charge is -2.31. The Morgan fingerprint density at radius 2 is 1.88 bits per heavy atom. The largest absolute Gasteiger partial charge is 0.493 e. The number of rotatable bonds is 7. The van der Waals surface area contributed by atoms with Crippen LogP contribution in [0.25, 0.3) is 0 Å². The van der Waals surface area contributed by atoms with E-state index in [1.807, 2.05) is 29.2 Å². The molecule has 0 fully saturated rings. The number of nitrogens with one attached hydrogen (secondary N) is 1. The van der Waals surface area contributed by atoms with Crippen molar-refractivity contribution in [3.05, 3.63) is 48.0 Å². The van der Waals surface area contributed by atoms with Crippen LogP contribution in [0.1, 0.15) is 25.8 Å². The maximum Gasteiger partial charge on any atom is 0.270 e. The summed E-state index contributed by atoms with van der Waals surface area (Å²) in [6.07, 6.45) is 0.658. The summed E-state index contributed by atoms with van der Waals surface area (Å²) >= 11 is 1.29. The molecule has 1 unspecified atom stereocenters. The fraction of sp³-hybridized carbons (Fsp3) is 0.333. The van der Waals surface area contributed by atoms with E-state index in [-0.39, 0.29) is 17.6 Å². The minimum atomic E-state index is -0.409. The second-order valence-electron chi connectivity index (χ2n) is 8.11. The van der Waals surface area contributed by atoms with Gasteiger partial charge >= 0.3 is 0 Å². The third-order valence-corrected chi connectivity index (χ3v) is 6.26. The van der Waals surface area contributed by atoms with E-state index < -0.39 is 6.04 Å². The van der Waals surface area contributed by atoms with Gasteiger partial charge < -0.3 is 14.8 Å². The number of para-hydroxylation sites is 1.